The fraction of sp³-hybridized carbons (Fsp3) is 0.316. The van der Waals surface area contributed by atoms with Crippen LogP contribution in [0.2, 0.25) is 0 Å². The molecule has 2 heterocycles. The van der Waals surface area contributed by atoms with E-state index in [0.29, 0.717) is 25.3 Å². The quantitative estimate of drug-likeness (QED) is 0.867. The molecule has 0 spiro atoms. The Hall–Kier alpha value is -2.89. The first-order valence-electron chi connectivity index (χ1n) is 8.44. The first-order chi connectivity index (χ1) is 12.1. The number of likely N-dealkylation sites (tertiary alicyclic amines) is 1. The molecular formula is C19H21N3O3. The lowest BCUT2D eigenvalue weighted by atomic mass is 9.99. The lowest BCUT2D eigenvalue weighted by molar-refractivity contribution is -0.142. The molecule has 1 N–H and O–H groups in total. The number of hydrogen-bond acceptors (Lipinski definition) is 3. The first-order valence-corrected chi connectivity index (χ1v) is 8.44. The Morgan fingerprint density at radius 1 is 1.16 bits per heavy atom. The highest BCUT2D eigenvalue weighted by molar-refractivity contribution is 6.39. The molecule has 1 aromatic carbocycles. The number of anilines is 1. The Labute approximate surface area is 146 Å². The number of benzene rings is 1. The van der Waals surface area contributed by atoms with Gasteiger partial charge < -0.3 is 14.8 Å². The molecule has 25 heavy (non-hydrogen) atoms. The maximum absolute atomic E-state index is 12.4. The highest BCUT2D eigenvalue weighted by Gasteiger charge is 2.30. The second kappa shape index (κ2) is 7.34. The zero-order chi connectivity index (χ0) is 17.8. The molecule has 1 aromatic heterocycles. The average Bonchev–Trinajstić information content (AvgIpc) is 3.13. The van der Waals surface area contributed by atoms with Gasteiger partial charge in [0.1, 0.15) is 0 Å². The van der Waals surface area contributed by atoms with Crippen molar-refractivity contribution < 1.29 is 9.59 Å². The Bertz CT molecular complexity index is 829. The van der Waals surface area contributed by atoms with Crippen LogP contribution in [0, 0.1) is 0 Å². The number of pyridine rings is 1. The van der Waals surface area contributed by atoms with Gasteiger partial charge in [-0.3, -0.25) is 14.4 Å². The number of hydrogen-bond donors (Lipinski definition) is 1. The van der Waals surface area contributed by atoms with Crippen LogP contribution in [0.1, 0.15) is 24.8 Å². The van der Waals surface area contributed by atoms with E-state index in [0.717, 1.165) is 6.42 Å². The van der Waals surface area contributed by atoms with Gasteiger partial charge in [0.05, 0.1) is 5.69 Å². The summed E-state index contributed by atoms with van der Waals surface area (Å²) in [5.41, 5.74) is 1.49. The number of nitrogens with zero attached hydrogens (tertiary/aromatic N) is 2. The Morgan fingerprint density at radius 3 is 2.64 bits per heavy atom. The normalized spacial score (nSPS) is 16.7. The maximum atomic E-state index is 12.4. The third-order valence-corrected chi connectivity index (χ3v) is 4.52. The number of aromatic nitrogens is 1. The van der Waals surface area contributed by atoms with E-state index < -0.39 is 11.8 Å². The molecule has 1 fully saturated rings. The molecule has 130 valence electrons. The highest BCUT2D eigenvalue weighted by Crippen LogP contribution is 2.27. The average molecular weight is 339 g/mol. The van der Waals surface area contributed by atoms with Crippen molar-refractivity contribution in [3.63, 3.8) is 0 Å². The third kappa shape index (κ3) is 3.79. The molecule has 6 nitrogen and oxygen atoms in total. The molecule has 0 aliphatic carbocycles. The van der Waals surface area contributed by atoms with Crippen LogP contribution in [-0.2, 0) is 16.1 Å². The number of carbonyl (C=O) groups is 2. The van der Waals surface area contributed by atoms with Gasteiger partial charge in [0.2, 0.25) is 0 Å². The van der Waals surface area contributed by atoms with Crippen molar-refractivity contribution in [2.24, 2.45) is 0 Å². The van der Waals surface area contributed by atoms with Crippen molar-refractivity contribution in [2.45, 2.75) is 25.8 Å². The van der Waals surface area contributed by atoms with Gasteiger partial charge in [-0.05, 0) is 25.0 Å². The van der Waals surface area contributed by atoms with Crippen LogP contribution in [0.3, 0.4) is 0 Å². The Balaban J connectivity index is 1.63. The van der Waals surface area contributed by atoms with Crippen molar-refractivity contribution in [1.82, 2.24) is 9.47 Å². The highest BCUT2D eigenvalue weighted by atomic mass is 16.2. The van der Waals surface area contributed by atoms with E-state index in [1.54, 1.807) is 11.1 Å². The molecule has 1 aliphatic rings. The lowest BCUT2D eigenvalue weighted by Crippen LogP contribution is -2.38. The van der Waals surface area contributed by atoms with Crippen molar-refractivity contribution in [1.29, 1.82) is 0 Å². The van der Waals surface area contributed by atoms with Gasteiger partial charge in [-0.1, -0.05) is 30.3 Å². The fourth-order valence-corrected chi connectivity index (χ4v) is 3.12. The van der Waals surface area contributed by atoms with Crippen LogP contribution in [0.25, 0.3) is 0 Å². The third-order valence-electron chi connectivity index (χ3n) is 4.52. The summed E-state index contributed by atoms with van der Waals surface area (Å²) < 4.78 is 1.47. The molecule has 2 amide bonds. The number of carbonyl (C=O) groups excluding carboxylic acids is 2. The predicted molar refractivity (Wildman–Crippen MR) is 95.4 cm³/mol. The number of aryl methyl sites for hydroxylation is 1. The van der Waals surface area contributed by atoms with Crippen LogP contribution < -0.4 is 10.9 Å². The molecule has 0 bridgehead atoms. The van der Waals surface area contributed by atoms with Gasteiger partial charge in [0.15, 0.2) is 0 Å². The summed E-state index contributed by atoms with van der Waals surface area (Å²) >= 11 is 0. The summed E-state index contributed by atoms with van der Waals surface area (Å²) in [6, 6.07) is 12.9. The molecule has 0 radical (unpaired) electrons. The van der Waals surface area contributed by atoms with Gasteiger partial charge in [0, 0.05) is 37.8 Å². The molecule has 0 unspecified atom stereocenters. The summed E-state index contributed by atoms with van der Waals surface area (Å²) in [5.74, 6) is -0.942. The summed E-state index contributed by atoms with van der Waals surface area (Å²) in [6.07, 6.45) is 2.40. The van der Waals surface area contributed by atoms with E-state index in [1.165, 1.54) is 22.3 Å². The molecule has 1 atom stereocenters. The van der Waals surface area contributed by atoms with E-state index in [1.807, 2.05) is 37.3 Å². The summed E-state index contributed by atoms with van der Waals surface area (Å²) in [7, 11) is 0. The van der Waals surface area contributed by atoms with E-state index in [-0.39, 0.29) is 11.5 Å². The van der Waals surface area contributed by atoms with Crippen LogP contribution >= 0.6 is 0 Å². The van der Waals surface area contributed by atoms with E-state index >= 15 is 0 Å². The van der Waals surface area contributed by atoms with Crippen molar-refractivity contribution in [2.75, 3.05) is 18.4 Å². The number of amides is 2. The molecule has 2 aromatic rings. The lowest BCUT2D eigenvalue weighted by Gasteiger charge is -2.16. The number of rotatable bonds is 3. The van der Waals surface area contributed by atoms with Crippen LogP contribution in [-0.4, -0.2) is 34.4 Å². The zero-order valence-corrected chi connectivity index (χ0v) is 14.1. The van der Waals surface area contributed by atoms with Crippen molar-refractivity contribution in [3.05, 3.63) is 64.6 Å². The predicted octanol–water partition coefficient (Wildman–Crippen LogP) is 1.82. The van der Waals surface area contributed by atoms with Gasteiger partial charge >= 0.3 is 11.8 Å². The molecule has 1 saturated heterocycles. The molecular weight excluding hydrogens is 318 g/mol. The smallest absolute Gasteiger partial charge is 0.313 e. The van der Waals surface area contributed by atoms with Crippen molar-refractivity contribution in [3.8, 4) is 0 Å². The van der Waals surface area contributed by atoms with E-state index in [2.05, 4.69) is 5.32 Å². The summed E-state index contributed by atoms with van der Waals surface area (Å²) in [6.45, 7) is 3.46. The fourth-order valence-electron chi connectivity index (χ4n) is 3.12. The second-order valence-corrected chi connectivity index (χ2v) is 6.14. The standard InChI is InChI=1S/C19H21N3O3/c1-2-21-13-16(8-9-17(21)23)20-18(24)19(25)22-11-10-15(12-22)14-6-4-3-5-7-14/h3-9,13,15H,2,10-12H2,1H3,(H,20,24)/t15-/m1/s1. The monoisotopic (exact) mass is 339 g/mol. The Kier molecular flexibility index (Phi) is 4.97. The van der Waals surface area contributed by atoms with Gasteiger partial charge in [-0.2, -0.15) is 0 Å². The zero-order valence-electron chi connectivity index (χ0n) is 14.1. The summed E-state index contributed by atoms with van der Waals surface area (Å²) in [5, 5.41) is 2.59. The molecule has 0 saturated carbocycles. The van der Waals surface area contributed by atoms with Crippen LogP contribution in [0.4, 0.5) is 5.69 Å². The van der Waals surface area contributed by atoms with Crippen LogP contribution in [0.5, 0.6) is 0 Å². The Morgan fingerprint density at radius 2 is 1.92 bits per heavy atom. The maximum Gasteiger partial charge on any atom is 0.313 e. The van der Waals surface area contributed by atoms with Gasteiger partial charge in [0.25, 0.3) is 5.56 Å². The first kappa shape index (κ1) is 17.0. The van der Waals surface area contributed by atoms with Crippen molar-refractivity contribution >= 4 is 17.5 Å². The van der Waals surface area contributed by atoms with Gasteiger partial charge in [-0.25, -0.2) is 0 Å². The molecule has 1 aliphatic heterocycles. The van der Waals surface area contributed by atoms with E-state index in [4.69, 9.17) is 0 Å². The van der Waals surface area contributed by atoms with E-state index in [9.17, 15) is 14.4 Å². The minimum absolute atomic E-state index is 0.142. The minimum atomic E-state index is -0.671. The largest absolute Gasteiger partial charge is 0.334 e. The minimum Gasteiger partial charge on any atom is -0.334 e. The molecule has 3 rings (SSSR count). The topological polar surface area (TPSA) is 71.4 Å². The second-order valence-electron chi connectivity index (χ2n) is 6.14. The van der Waals surface area contributed by atoms with Gasteiger partial charge in [-0.15, -0.1) is 0 Å². The molecule has 6 heteroatoms. The SMILES string of the molecule is CCn1cc(NC(=O)C(=O)N2CC[C@@H](c3ccccc3)C2)ccc1=O. The summed E-state index contributed by atoms with van der Waals surface area (Å²) in [4.78, 5) is 37.8. The van der Waals surface area contributed by atoms with Crippen LogP contribution in [0.15, 0.2) is 53.5 Å². The number of nitrogens with one attached hydrogen (secondary N) is 1.